The highest BCUT2D eigenvalue weighted by atomic mass is 19.1. The molecule has 0 aliphatic carbocycles. The molecule has 2 heterocycles. The van der Waals surface area contributed by atoms with Gasteiger partial charge in [0, 0.05) is 18.9 Å². The zero-order valence-corrected chi connectivity index (χ0v) is 12.4. The molecule has 0 amide bonds. The molecule has 1 N–H and O–H groups in total. The van der Waals surface area contributed by atoms with Gasteiger partial charge in [0.15, 0.2) is 0 Å². The number of hydrogen-bond donors (Lipinski definition) is 1. The maximum Gasteiger partial charge on any atom is 0.123 e. The summed E-state index contributed by atoms with van der Waals surface area (Å²) < 4.78 is 13.0. The summed E-state index contributed by atoms with van der Waals surface area (Å²) in [4.78, 5) is 14.0. The Balaban J connectivity index is 1.51. The molecule has 1 aliphatic heterocycles. The average Bonchev–Trinajstić information content (AvgIpc) is 3.03. The Hall–Kier alpha value is -2.95. The molecule has 0 radical (unpaired) electrons. The number of aromatic amines is 1. The molecule has 3 aromatic rings. The molecule has 0 fully saturated rings. The molecule has 4 nitrogen and oxygen atoms in total. The van der Waals surface area contributed by atoms with Gasteiger partial charge in [-0.15, -0.1) is 0 Å². The summed E-state index contributed by atoms with van der Waals surface area (Å²) >= 11 is 0. The molecule has 23 heavy (non-hydrogen) atoms. The molecular formula is C18H15FN4. The fraction of sp³-hybridized carbons (Fsp3) is 0.111. The first-order valence-electron chi connectivity index (χ1n) is 7.43. The third-order valence-electron chi connectivity index (χ3n) is 3.91. The first kappa shape index (κ1) is 13.7. The second-order valence-electron chi connectivity index (χ2n) is 5.54. The fourth-order valence-corrected chi connectivity index (χ4v) is 2.74. The van der Waals surface area contributed by atoms with Crippen LogP contribution in [0.2, 0.25) is 0 Å². The second-order valence-corrected chi connectivity index (χ2v) is 5.54. The summed E-state index contributed by atoms with van der Waals surface area (Å²) in [5.41, 5.74) is 5.10. The lowest BCUT2D eigenvalue weighted by atomic mass is 10.1. The van der Waals surface area contributed by atoms with Gasteiger partial charge in [-0.3, -0.25) is 4.99 Å². The van der Waals surface area contributed by atoms with Gasteiger partial charge in [0.2, 0.25) is 0 Å². The first-order chi connectivity index (χ1) is 11.3. The highest BCUT2D eigenvalue weighted by Crippen LogP contribution is 2.16. The van der Waals surface area contributed by atoms with Gasteiger partial charge in [-0.05, 0) is 35.4 Å². The minimum absolute atomic E-state index is 0.231. The SMILES string of the molecule is Fc1ccc(C2=NC=CN(Cc3ccc4nc[nH]c4c3)C2)cc1. The standard InChI is InChI=1S/C18H15FN4/c19-15-4-2-14(3-5-15)18-11-23(8-7-20-18)10-13-1-6-16-17(9-13)22-12-21-16/h1-9,12H,10-11H2,(H,21,22). The summed E-state index contributed by atoms with van der Waals surface area (Å²) in [5, 5.41) is 0. The molecule has 0 saturated heterocycles. The van der Waals surface area contributed by atoms with Crippen LogP contribution in [0.1, 0.15) is 11.1 Å². The van der Waals surface area contributed by atoms with Gasteiger partial charge in [-0.25, -0.2) is 9.37 Å². The Bertz CT molecular complexity index is 893. The number of aliphatic imine (C=N–C) groups is 1. The third kappa shape index (κ3) is 2.85. The van der Waals surface area contributed by atoms with Crippen LogP contribution in [0.25, 0.3) is 11.0 Å². The van der Waals surface area contributed by atoms with E-state index in [1.165, 1.54) is 17.7 Å². The smallest absolute Gasteiger partial charge is 0.123 e. The van der Waals surface area contributed by atoms with Gasteiger partial charge in [-0.2, -0.15) is 0 Å². The zero-order valence-electron chi connectivity index (χ0n) is 12.4. The van der Waals surface area contributed by atoms with Crippen molar-refractivity contribution in [2.24, 2.45) is 4.99 Å². The molecule has 0 bridgehead atoms. The number of fused-ring (bicyclic) bond motifs is 1. The minimum Gasteiger partial charge on any atom is -0.366 e. The Labute approximate surface area is 133 Å². The van der Waals surface area contributed by atoms with Crippen LogP contribution in [0.15, 0.2) is 66.2 Å². The van der Waals surface area contributed by atoms with Gasteiger partial charge >= 0.3 is 0 Å². The Morgan fingerprint density at radius 2 is 2.00 bits per heavy atom. The Morgan fingerprint density at radius 1 is 1.13 bits per heavy atom. The van der Waals surface area contributed by atoms with Crippen molar-refractivity contribution < 1.29 is 4.39 Å². The topological polar surface area (TPSA) is 44.3 Å². The lowest BCUT2D eigenvalue weighted by molar-refractivity contribution is 0.415. The first-order valence-corrected chi connectivity index (χ1v) is 7.43. The lowest BCUT2D eigenvalue weighted by Crippen LogP contribution is -2.27. The van der Waals surface area contributed by atoms with E-state index >= 15 is 0 Å². The van der Waals surface area contributed by atoms with Crippen molar-refractivity contribution in [1.82, 2.24) is 14.9 Å². The van der Waals surface area contributed by atoms with E-state index in [2.05, 4.69) is 32.0 Å². The van der Waals surface area contributed by atoms with Crippen molar-refractivity contribution in [3.63, 3.8) is 0 Å². The molecule has 1 aliphatic rings. The van der Waals surface area contributed by atoms with Crippen molar-refractivity contribution in [3.8, 4) is 0 Å². The van der Waals surface area contributed by atoms with E-state index in [1.54, 1.807) is 24.7 Å². The number of H-pyrrole nitrogens is 1. The van der Waals surface area contributed by atoms with Gasteiger partial charge in [0.25, 0.3) is 0 Å². The van der Waals surface area contributed by atoms with Crippen LogP contribution in [0, 0.1) is 5.82 Å². The van der Waals surface area contributed by atoms with Gasteiger partial charge in [0.1, 0.15) is 5.82 Å². The quantitative estimate of drug-likeness (QED) is 0.805. The van der Waals surface area contributed by atoms with E-state index in [1.807, 2.05) is 12.3 Å². The van der Waals surface area contributed by atoms with Crippen LogP contribution in [0.3, 0.4) is 0 Å². The molecule has 0 atom stereocenters. The summed E-state index contributed by atoms with van der Waals surface area (Å²) in [6, 6.07) is 12.7. The van der Waals surface area contributed by atoms with Crippen LogP contribution >= 0.6 is 0 Å². The number of rotatable bonds is 3. The van der Waals surface area contributed by atoms with Gasteiger partial charge in [0.05, 0.1) is 29.6 Å². The maximum absolute atomic E-state index is 13.0. The van der Waals surface area contributed by atoms with Crippen molar-refractivity contribution in [3.05, 3.63) is 78.1 Å². The number of nitrogens with one attached hydrogen (secondary N) is 1. The van der Waals surface area contributed by atoms with Crippen LogP contribution in [0.4, 0.5) is 4.39 Å². The molecular weight excluding hydrogens is 291 g/mol. The molecule has 4 rings (SSSR count). The molecule has 114 valence electrons. The normalized spacial score (nSPS) is 14.3. The van der Waals surface area contributed by atoms with E-state index in [0.717, 1.165) is 28.9 Å². The van der Waals surface area contributed by atoms with Crippen LogP contribution < -0.4 is 0 Å². The van der Waals surface area contributed by atoms with E-state index < -0.39 is 0 Å². The van der Waals surface area contributed by atoms with Crippen molar-refractivity contribution >= 4 is 16.7 Å². The van der Waals surface area contributed by atoms with Crippen LogP contribution in [0.5, 0.6) is 0 Å². The monoisotopic (exact) mass is 306 g/mol. The van der Waals surface area contributed by atoms with Crippen molar-refractivity contribution in [1.29, 1.82) is 0 Å². The number of imidazole rings is 1. The Morgan fingerprint density at radius 3 is 2.87 bits per heavy atom. The number of halogens is 1. The molecule has 0 unspecified atom stereocenters. The minimum atomic E-state index is -0.231. The molecule has 1 aromatic heterocycles. The lowest BCUT2D eigenvalue weighted by Gasteiger charge is -2.24. The predicted molar refractivity (Wildman–Crippen MR) is 88.6 cm³/mol. The number of benzene rings is 2. The highest BCUT2D eigenvalue weighted by molar-refractivity contribution is 6.02. The van der Waals surface area contributed by atoms with Gasteiger partial charge in [-0.1, -0.05) is 18.2 Å². The van der Waals surface area contributed by atoms with Crippen molar-refractivity contribution in [2.75, 3.05) is 6.54 Å². The second kappa shape index (κ2) is 5.68. The largest absolute Gasteiger partial charge is 0.366 e. The van der Waals surface area contributed by atoms with Crippen LogP contribution in [-0.4, -0.2) is 27.1 Å². The van der Waals surface area contributed by atoms with Crippen molar-refractivity contribution in [2.45, 2.75) is 6.54 Å². The van der Waals surface area contributed by atoms with Crippen LogP contribution in [-0.2, 0) is 6.54 Å². The average molecular weight is 306 g/mol. The number of aromatic nitrogens is 2. The molecule has 2 aromatic carbocycles. The molecule has 5 heteroatoms. The van der Waals surface area contributed by atoms with E-state index in [4.69, 9.17) is 0 Å². The third-order valence-corrected chi connectivity index (χ3v) is 3.91. The Kier molecular flexibility index (Phi) is 3.38. The molecule has 0 saturated carbocycles. The van der Waals surface area contributed by atoms with E-state index in [0.29, 0.717) is 6.54 Å². The summed E-state index contributed by atoms with van der Waals surface area (Å²) in [5.74, 6) is -0.231. The fourth-order valence-electron chi connectivity index (χ4n) is 2.74. The summed E-state index contributed by atoms with van der Waals surface area (Å²) in [6.45, 7) is 1.48. The predicted octanol–water partition coefficient (Wildman–Crippen LogP) is 3.48. The van der Waals surface area contributed by atoms with E-state index in [9.17, 15) is 4.39 Å². The molecule has 0 spiro atoms. The highest BCUT2D eigenvalue weighted by Gasteiger charge is 2.12. The zero-order chi connectivity index (χ0) is 15.6. The summed E-state index contributed by atoms with van der Waals surface area (Å²) in [7, 11) is 0. The van der Waals surface area contributed by atoms with Gasteiger partial charge < -0.3 is 9.88 Å². The van der Waals surface area contributed by atoms with E-state index in [-0.39, 0.29) is 5.82 Å². The number of hydrogen-bond acceptors (Lipinski definition) is 3. The number of nitrogens with zero attached hydrogens (tertiary/aromatic N) is 3. The maximum atomic E-state index is 13.0. The summed E-state index contributed by atoms with van der Waals surface area (Å²) in [6.07, 6.45) is 5.47.